The summed E-state index contributed by atoms with van der Waals surface area (Å²) in [6.07, 6.45) is 4.83. The van der Waals surface area contributed by atoms with Gasteiger partial charge >= 0.3 is 0 Å². The van der Waals surface area contributed by atoms with Crippen molar-refractivity contribution in [1.82, 2.24) is 9.97 Å². The van der Waals surface area contributed by atoms with Crippen molar-refractivity contribution >= 4 is 28.6 Å². The monoisotopic (exact) mass is 281 g/mol. The minimum Gasteiger partial charge on any atom is -0.355 e. The Labute approximate surface area is 116 Å². The van der Waals surface area contributed by atoms with Crippen molar-refractivity contribution in [2.24, 2.45) is 5.41 Å². The lowest BCUT2D eigenvalue weighted by Crippen LogP contribution is -2.28. The molecular formula is C14H17ClFN3. The van der Waals surface area contributed by atoms with Crippen LogP contribution in [0.15, 0.2) is 18.2 Å². The zero-order chi connectivity index (χ0) is 13.3. The number of aromatic nitrogens is 2. The Morgan fingerprint density at radius 1 is 1.37 bits per heavy atom. The van der Waals surface area contributed by atoms with E-state index in [9.17, 15) is 4.39 Å². The Morgan fingerprint density at radius 3 is 2.89 bits per heavy atom. The van der Waals surface area contributed by atoms with Gasteiger partial charge in [-0.2, -0.15) is 0 Å². The van der Waals surface area contributed by atoms with Gasteiger partial charge in [-0.05, 0) is 31.0 Å². The topological polar surface area (TPSA) is 40.7 Å². The Hall–Kier alpha value is -1.29. The molecule has 0 unspecified atom stereocenters. The summed E-state index contributed by atoms with van der Waals surface area (Å²) in [6, 6.07) is 4.56. The van der Waals surface area contributed by atoms with Gasteiger partial charge in [-0.3, -0.25) is 0 Å². The zero-order valence-electron chi connectivity index (χ0n) is 10.7. The summed E-state index contributed by atoms with van der Waals surface area (Å²) in [5.74, 6) is 1.11. The molecule has 0 bridgehead atoms. The zero-order valence-corrected chi connectivity index (χ0v) is 11.4. The van der Waals surface area contributed by atoms with Crippen LogP contribution >= 0.6 is 11.6 Å². The standard InChI is InChI=1S/C14H17ClFN3/c15-8-14(5-1-2-6-14)9-17-13-18-11-4-3-10(16)7-12(11)19-13/h3-4,7H,1-2,5-6,8-9H2,(H2,17,18,19). The molecule has 1 aromatic carbocycles. The molecule has 1 aromatic heterocycles. The average molecular weight is 282 g/mol. The fourth-order valence-corrected chi connectivity index (χ4v) is 3.18. The largest absolute Gasteiger partial charge is 0.355 e. The van der Waals surface area contributed by atoms with Crippen molar-refractivity contribution in [3.05, 3.63) is 24.0 Å². The Bertz CT molecular complexity index is 575. The number of hydrogen-bond donors (Lipinski definition) is 2. The molecule has 0 amide bonds. The molecule has 1 fully saturated rings. The summed E-state index contributed by atoms with van der Waals surface area (Å²) in [5.41, 5.74) is 1.68. The van der Waals surface area contributed by atoms with Gasteiger partial charge in [-0.25, -0.2) is 9.37 Å². The van der Waals surface area contributed by atoms with Crippen molar-refractivity contribution in [2.45, 2.75) is 25.7 Å². The molecule has 2 aromatic rings. The van der Waals surface area contributed by atoms with Crippen LogP contribution in [0.1, 0.15) is 25.7 Å². The van der Waals surface area contributed by atoms with Crippen LogP contribution in [0.5, 0.6) is 0 Å². The van der Waals surface area contributed by atoms with Crippen LogP contribution in [-0.2, 0) is 0 Å². The van der Waals surface area contributed by atoms with Crippen LogP contribution in [0.4, 0.5) is 10.3 Å². The summed E-state index contributed by atoms with van der Waals surface area (Å²) in [6.45, 7) is 0.818. The van der Waals surface area contributed by atoms with E-state index in [1.54, 1.807) is 6.07 Å². The Morgan fingerprint density at radius 2 is 2.16 bits per heavy atom. The number of anilines is 1. The minimum atomic E-state index is -0.254. The molecule has 0 saturated heterocycles. The lowest BCUT2D eigenvalue weighted by molar-refractivity contribution is 0.368. The van der Waals surface area contributed by atoms with Gasteiger partial charge in [0.25, 0.3) is 0 Å². The highest BCUT2D eigenvalue weighted by molar-refractivity contribution is 6.18. The first kappa shape index (κ1) is 12.7. The van der Waals surface area contributed by atoms with E-state index in [0.717, 1.165) is 12.1 Å². The van der Waals surface area contributed by atoms with Gasteiger partial charge in [0.15, 0.2) is 0 Å². The summed E-state index contributed by atoms with van der Waals surface area (Å²) in [5, 5.41) is 3.31. The first-order chi connectivity index (χ1) is 9.21. The van der Waals surface area contributed by atoms with E-state index in [1.807, 2.05) is 0 Å². The fraction of sp³-hybridized carbons (Fsp3) is 0.500. The predicted octanol–water partition coefficient (Wildman–Crippen LogP) is 3.91. The summed E-state index contributed by atoms with van der Waals surface area (Å²) < 4.78 is 13.1. The molecule has 3 rings (SSSR count). The first-order valence-electron chi connectivity index (χ1n) is 6.66. The molecule has 0 radical (unpaired) electrons. The van der Waals surface area contributed by atoms with Gasteiger partial charge in [-0.15, -0.1) is 11.6 Å². The summed E-state index contributed by atoms with van der Waals surface area (Å²) in [7, 11) is 0. The number of fused-ring (bicyclic) bond motifs is 1. The van der Waals surface area contributed by atoms with Crippen LogP contribution in [0.3, 0.4) is 0 Å². The number of alkyl halides is 1. The lowest BCUT2D eigenvalue weighted by Gasteiger charge is -2.26. The van der Waals surface area contributed by atoms with Gasteiger partial charge in [0, 0.05) is 17.8 Å². The SMILES string of the molecule is Fc1ccc2nc(NCC3(CCl)CCCC3)[nH]c2c1. The number of aromatic amines is 1. The molecule has 2 N–H and O–H groups in total. The van der Waals surface area contributed by atoms with Crippen molar-refractivity contribution in [2.75, 3.05) is 17.7 Å². The smallest absolute Gasteiger partial charge is 0.201 e. The minimum absolute atomic E-state index is 0.186. The predicted molar refractivity (Wildman–Crippen MR) is 76.2 cm³/mol. The highest BCUT2D eigenvalue weighted by Crippen LogP contribution is 2.39. The maximum absolute atomic E-state index is 13.1. The molecule has 3 nitrogen and oxygen atoms in total. The van der Waals surface area contributed by atoms with Crippen LogP contribution in [0.2, 0.25) is 0 Å². The maximum atomic E-state index is 13.1. The summed E-state index contributed by atoms with van der Waals surface area (Å²) in [4.78, 5) is 7.50. The number of benzene rings is 1. The number of rotatable bonds is 4. The van der Waals surface area contributed by atoms with Crippen LogP contribution < -0.4 is 5.32 Å². The molecule has 0 aliphatic heterocycles. The van der Waals surface area contributed by atoms with Crippen molar-refractivity contribution in [3.8, 4) is 0 Å². The van der Waals surface area contributed by atoms with Gasteiger partial charge in [0.1, 0.15) is 5.82 Å². The second-order valence-corrected chi connectivity index (χ2v) is 5.71. The van der Waals surface area contributed by atoms with Crippen molar-refractivity contribution in [3.63, 3.8) is 0 Å². The fourth-order valence-electron chi connectivity index (χ4n) is 2.82. The highest BCUT2D eigenvalue weighted by atomic mass is 35.5. The van der Waals surface area contributed by atoms with E-state index >= 15 is 0 Å². The molecule has 0 spiro atoms. The Balaban J connectivity index is 1.74. The molecule has 1 aliphatic carbocycles. The molecule has 102 valence electrons. The van der Waals surface area contributed by atoms with E-state index in [4.69, 9.17) is 11.6 Å². The average Bonchev–Trinajstić information content (AvgIpc) is 3.02. The van der Waals surface area contributed by atoms with E-state index in [-0.39, 0.29) is 11.2 Å². The molecule has 19 heavy (non-hydrogen) atoms. The number of imidazole rings is 1. The van der Waals surface area contributed by atoms with Crippen LogP contribution in [-0.4, -0.2) is 22.4 Å². The molecular weight excluding hydrogens is 265 g/mol. The van der Waals surface area contributed by atoms with E-state index in [0.29, 0.717) is 17.3 Å². The second kappa shape index (κ2) is 5.00. The van der Waals surface area contributed by atoms with Crippen molar-refractivity contribution in [1.29, 1.82) is 0 Å². The van der Waals surface area contributed by atoms with E-state index in [2.05, 4.69) is 15.3 Å². The quantitative estimate of drug-likeness (QED) is 0.834. The van der Waals surface area contributed by atoms with E-state index in [1.165, 1.54) is 37.8 Å². The highest BCUT2D eigenvalue weighted by Gasteiger charge is 2.32. The molecule has 1 aliphatic rings. The summed E-state index contributed by atoms with van der Waals surface area (Å²) >= 11 is 6.11. The maximum Gasteiger partial charge on any atom is 0.201 e. The second-order valence-electron chi connectivity index (χ2n) is 5.44. The molecule has 5 heteroatoms. The lowest BCUT2D eigenvalue weighted by atomic mass is 9.89. The van der Waals surface area contributed by atoms with Gasteiger partial charge in [-0.1, -0.05) is 12.8 Å². The van der Waals surface area contributed by atoms with Gasteiger partial charge in [0.05, 0.1) is 11.0 Å². The third-order valence-corrected chi connectivity index (χ3v) is 4.59. The number of nitrogens with one attached hydrogen (secondary N) is 2. The van der Waals surface area contributed by atoms with Crippen LogP contribution in [0.25, 0.3) is 11.0 Å². The normalized spacial score (nSPS) is 18.0. The van der Waals surface area contributed by atoms with Crippen molar-refractivity contribution < 1.29 is 4.39 Å². The molecule has 1 heterocycles. The number of nitrogens with zero attached hydrogens (tertiary/aromatic N) is 1. The van der Waals surface area contributed by atoms with E-state index < -0.39 is 0 Å². The molecule has 0 atom stereocenters. The van der Waals surface area contributed by atoms with Crippen LogP contribution in [0, 0.1) is 11.2 Å². The van der Waals surface area contributed by atoms with Gasteiger partial charge in [0.2, 0.25) is 5.95 Å². The van der Waals surface area contributed by atoms with Gasteiger partial charge < -0.3 is 10.3 Å². The third-order valence-electron chi connectivity index (χ3n) is 4.02. The molecule has 1 saturated carbocycles. The first-order valence-corrected chi connectivity index (χ1v) is 7.19. The number of halogens is 2. The number of hydrogen-bond acceptors (Lipinski definition) is 2. The number of H-pyrrole nitrogens is 1. The third kappa shape index (κ3) is 2.54. The Kier molecular flexibility index (Phi) is 3.35.